The van der Waals surface area contributed by atoms with Gasteiger partial charge in [-0.05, 0) is 24.3 Å². The number of alkyl halides is 1. The van der Waals surface area contributed by atoms with Crippen molar-refractivity contribution in [3.05, 3.63) is 29.8 Å². The topological polar surface area (TPSA) is 93.5 Å². The summed E-state index contributed by atoms with van der Waals surface area (Å²) in [5.41, 5.74) is 6.83. The van der Waals surface area contributed by atoms with Crippen LogP contribution in [0.1, 0.15) is 5.56 Å². The Kier molecular flexibility index (Phi) is 3.93. The van der Waals surface area contributed by atoms with E-state index in [1.807, 2.05) is 0 Å². The van der Waals surface area contributed by atoms with Crippen LogP contribution in [0.5, 0.6) is 0 Å². The van der Waals surface area contributed by atoms with Crippen molar-refractivity contribution >= 4 is 29.0 Å². The van der Waals surface area contributed by atoms with Crippen LogP contribution in [0.25, 0.3) is 0 Å². The van der Waals surface area contributed by atoms with Gasteiger partial charge in [0.1, 0.15) is 11.7 Å². The number of halogens is 1. The molecule has 1 aromatic rings. The SMILES string of the molecule is N/N=C(\N)c1ccc(NC(=O)CCl)cc1. The van der Waals surface area contributed by atoms with E-state index in [2.05, 4.69) is 10.4 Å². The minimum absolute atomic E-state index is 0.0752. The highest BCUT2D eigenvalue weighted by Crippen LogP contribution is 2.09. The van der Waals surface area contributed by atoms with Crippen molar-refractivity contribution in [1.82, 2.24) is 0 Å². The van der Waals surface area contributed by atoms with Gasteiger partial charge in [0, 0.05) is 11.3 Å². The third kappa shape index (κ3) is 3.14. The Morgan fingerprint density at radius 3 is 2.47 bits per heavy atom. The van der Waals surface area contributed by atoms with Gasteiger partial charge in [0.05, 0.1) is 0 Å². The fraction of sp³-hybridized carbons (Fsp3) is 0.111. The average molecular weight is 227 g/mol. The Morgan fingerprint density at radius 2 is 2.00 bits per heavy atom. The highest BCUT2D eigenvalue weighted by Gasteiger charge is 2.01. The summed E-state index contributed by atoms with van der Waals surface area (Å²) in [6.07, 6.45) is 0. The van der Waals surface area contributed by atoms with Crippen LogP contribution in [0, 0.1) is 0 Å². The molecule has 0 unspecified atom stereocenters. The van der Waals surface area contributed by atoms with Gasteiger partial charge in [-0.1, -0.05) is 0 Å². The molecule has 0 aliphatic heterocycles. The van der Waals surface area contributed by atoms with Crippen molar-refractivity contribution in [2.75, 3.05) is 11.2 Å². The van der Waals surface area contributed by atoms with Crippen molar-refractivity contribution in [1.29, 1.82) is 0 Å². The lowest BCUT2D eigenvalue weighted by Crippen LogP contribution is -2.16. The highest BCUT2D eigenvalue weighted by atomic mass is 35.5. The van der Waals surface area contributed by atoms with Crippen LogP contribution in [0.2, 0.25) is 0 Å². The van der Waals surface area contributed by atoms with Crippen LogP contribution in [-0.2, 0) is 4.79 Å². The Labute approximate surface area is 92.1 Å². The van der Waals surface area contributed by atoms with Gasteiger partial charge in [-0.2, -0.15) is 5.10 Å². The number of nitrogens with two attached hydrogens (primary N) is 2. The van der Waals surface area contributed by atoms with Gasteiger partial charge in [0.25, 0.3) is 0 Å². The number of amidine groups is 1. The predicted molar refractivity (Wildman–Crippen MR) is 60.7 cm³/mol. The van der Waals surface area contributed by atoms with Gasteiger partial charge in [-0.3, -0.25) is 4.79 Å². The number of amides is 1. The van der Waals surface area contributed by atoms with E-state index in [9.17, 15) is 4.79 Å². The van der Waals surface area contributed by atoms with Crippen LogP contribution in [0.4, 0.5) is 5.69 Å². The molecule has 0 heterocycles. The molecule has 0 aliphatic carbocycles. The third-order valence-corrected chi connectivity index (χ3v) is 1.97. The second-order valence-electron chi connectivity index (χ2n) is 2.77. The molecular weight excluding hydrogens is 216 g/mol. The number of carbonyl (C=O) groups is 1. The fourth-order valence-corrected chi connectivity index (χ4v) is 1.06. The summed E-state index contributed by atoms with van der Waals surface area (Å²) < 4.78 is 0. The number of rotatable bonds is 3. The molecule has 0 bridgehead atoms. The van der Waals surface area contributed by atoms with Crippen LogP contribution < -0.4 is 16.9 Å². The summed E-state index contributed by atoms with van der Waals surface area (Å²) in [5, 5.41) is 5.94. The molecule has 1 aromatic carbocycles. The normalized spacial score (nSPS) is 11.1. The summed E-state index contributed by atoms with van der Waals surface area (Å²) in [6, 6.07) is 6.79. The van der Waals surface area contributed by atoms with E-state index in [1.54, 1.807) is 24.3 Å². The van der Waals surface area contributed by atoms with Gasteiger partial charge in [0.2, 0.25) is 5.91 Å². The molecule has 0 aromatic heterocycles. The maximum absolute atomic E-state index is 10.9. The zero-order valence-corrected chi connectivity index (χ0v) is 8.66. The number of hydrogen-bond donors (Lipinski definition) is 3. The summed E-state index contributed by atoms with van der Waals surface area (Å²) in [5.74, 6) is 4.93. The summed E-state index contributed by atoms with van der Waals surface area (Å²) in [6.45, 7) is 0. The average Bonchev–Trinajstić information content (AvgIpc) is 2.29. The lowest BCUT2D eigenvalue weighted by molar-refractivity contribution is -0.113. The molecule has 1 rings (SSSR count). The van der Waals surface area contributed by atoms with E-state index < -0.39 is 0 Å². The lowest BCUT2D eigenvalue weighted by Gasteiger charge is -2.04. The number of nitrogens with zero attached hydrogens (tertiary/aromatic N) is 1. The molecule has 80 valence electrons. The van der Waals surface area contributed by atoms with Crippen molar-refractivity contribution in [2.45, 2.75) is 0 Å². The van der Waals surface area contributed by atoms with Crippen LogP contribution >= 0.6 is 11.6 Å². The number of benzene rings is 1. The van der Waals surface area contributed by atoms with Crippen molar-refractivity contribution in [3.8, 4) is 0 Å². The molecule has 15 heavy (non-hydrogen) atoms. The molecule has 0 atom stereocenters. The molecule has 0 saturated heterocycles. The molecular formula is C9H11ClN4O. The van der Waals surface area contributed by atoms with Gasteiger partial charge < -0.3 is 16.9 Å². The van der Waals surface area contributed by atoms with E-state index in [0.717, 1.165) is 0 Å². The first-order valence-corrected chi connectivity index (χ1v) is 4.70. The van der Waals surface area contributed by atoms with Crippen LogP contribution in [0.3, 0.4) is 0 Å². The zero-order chi connectivity index (χ0) is 11.3. The first-order valence-electron chi connectivity index (χ1n) is 4.17. The summed E-state index contributed by atoms with van der Waals surface area (Å²) in [7, 11) is 0. The van der Waals surface area contributed by atoms with Gasteiger partial charge in [-0.25, -0.2) is 0 Å². The molecule has 0 radical (unpaired) electrons. The van der Waals surface area contributed by atoms with E-state index in [0.29, 0.717) is 11.3 Å². The van der Waals surface area contributed by atoms with Crippen molar-refractivity contribution in [2.24, 2.45) is 16.7 Å². The van der Waals surface area contributed by atoms with Crippen molar-refractivity contribution in [3.63, 3.8) is 0 Å². The fourth-order valence-electron chi connectivity index (χ4n) is 0.993. The van der Waals surface area contributed by atoms with Crippen molar-refractivity contribution < 1.29 is 4.79 Å². The van der Waals surface area contributed by atoms with E-state index in [4.69, 9.17) is 23.2 Å². The molecule has 6 heteroatoms. The highest BCUT2D eigenvalue weighted by molar-refractivity contribution is 6.29. The number of anilines is 1. The van der Waals surface area contributed by atoms with E-state index in [-0.39, 0.29) is 17.6 Å². The second kappa shape index (κ2) is 5.21. The monoisotopic (exact) mass is 226 g/mol. The number of hydrazone groups is 1. The predicted octanol–water partition coefficient (Wildman–Crippen LogP) is 0.443. The zero-order valence-electron chi connectivity index (χ0n) is 7.90. The third-order valence-electron chi connectivity index (χ3n) is 1.72. The van der Waals surface area contributed by atoms with E-state index >= 15 is 0 Å². The Morgan fingerprint density at radius 1 is 1.40 bits per heavy atom. The Balaban J connectivity index is 2.77. The number of nitrogens with one attached hydrogen (secondary N) is 1. The number of hydrogen-bond acceptors (Lipinski definition) is 3. The maximum atomic E-state index is 10.9. The minimum atomic E-state index is -0.259. The summed E-state index contributed by atoms with van der Waals surface area (Å²) in [4.78, 5) is 10.9. The van der Waals surface area contributed by atoms with Gasteiger partial charge in [0.15, 0.2) is 0 Å². The molecule has 0 spiro atoms. The van der Waals surface area contributed by atoms with Crippen LogP contribution in [-0.4, -0.2) is 17.6 Å². The Bertz CT molecular complexity index is 374. The number of carbonyl (C=O) groups excluding carboxylic acids is 1. The lowest BCUT2D eigenvalue weighted by atomic mass is 10.2. The molecule has 5 N–H and O–H groups in total. The first kappa shape index (κ1) is 11.3. The smallest absolute Gasteiger partial charge is 0.239 e. The quantitative estimate of drug-likeness (QED) is 0.230. The van der Waals surface area contributed by atoms with Gasteiger partial charge >= 0.3 is 0 Å². The standard InChI is InChI=1S/C9H11ClN4O/c10-5-8(15)13-7-3-1-6(2-4-7)9(11)14-12/h1-4H,5,12H2,(H2,11,14)(H,13,15). The van der Waals surface area contributed by atoms with E-state index in [1.165, 1.54) is 0 Å². The second-order valence-corrected chi connectivity index (χ2v) is 3.04. The largest absolute Gasteiger partial charge is 0.382 e. The van der Waals surface area contributed by atoms with Crippen LogP contribution in [0.15, 0.2) is 29.4 Å². The molecule has 0 aliphatic rings. The molecule has 0 fully saturated rings. The summed E-state index contributed by atoms with van der Waals surface area (Å²) >= 11 is 5.34. The molecule has 0 saturated carbocycles. The maximum Gasteiger partial charge on any atom is 0.239 e. The minimum Gasteiger partial charge on any atom is -0.382 e. The Hall–Kier alpha value is -1.75. The van der Waals surface area contributed by atoms with Gasteiger partial charge in [-0.15, -0.1) is 11.6 Å². The molecule has 5 nitrogen and oxygen atoms in total. The first-order chi connectivity index (χ1) is 7.17. The molecule has 1 amide bonds.